The molecule has 0 spiro atoms. The summed E-state index contributed by atoms with van der Waals surface area (Å²) in [5, 5.41) is 0. The van der Waals surface area contributed by atoms with Crippen LogP contribution >= 0.6 is 59.4 Å². The maximum Gasteiger partial charge on any atom is 0.386 e. The number of nitrogens with zero attached hydrogens (tertiary/aromatic N) is 12. The van der Waals surface area contributed by atoms with Crippen molar-refractivity contribution < 1.29 is 130 Å². The van der Waals surface area contributed by atoms with Gasteiger partial charge >= 0.3 is 75.6 Å². The molecule has 74 heteroatoms. The largest absolute Gasteiger partial charge is 0.386 e. The van der Waals surface area contributed by atoms with Crippen molar-refractivity contribution in [2.75, 3.05) is 64.0 Å². The predicted octanol–water partition coefficient (Wildman–Crippen LogP) is 0.203. The van der Waals surface area contributed by atoms with Gasteiger partial charge in [0.1, 0.15) is 92.1 Å². The van der Waals surface area contributed by atoms with Crippen molar-refractivity contribution in [3.05, 3.63) is 186 Å². The van der Waals surface area contributed by atoms with Crippen LogP contribution in [-0.4, -0.2) is 248 Å². The van der Waals surface area contributed by atoms with Crippen LogP contribution in [0.5, 0.6) is 0 Å². The molecule has 7 unspecified atom stereocenters. The van der Waals surface area contributed by atoms with E-state index >= 15 is 4.57 Å². The number of aromatic amines is 6. The van der Waals surface area contributed by atoms with E-state index < -0.39 is 297 Å². The first-order chi connectivity index (χ1) is 68.5. The third kappa shape index (κ3) is 26.2. The second kappa shape index (κ2) is 44.7. The molecule has 800 valence electrons. The summed E-state index contributed by atoms with van der Waals surface area (Å²) in [5.74, 6) is -0.542. The van der Waals surface area contributed by atoms with Gasteiger partial charge < -0.3 is 134 Å². The molecule has 0 amide bonds. The van der Waals surface area contributed by atoms with Crippen LogP contribution in [0.1, 0.15) is 130 Å². The first-order valence-corrected chi connectivity index (χ1v) is 62.0. The molecule has 9 aromatic rings. The van der Waals surface area contributed by atoms with Crippen LogP contribution in [0.2, 0.25) is 0 Å². The Hall–Kier alpha value is -6.90. The number of thiol groups is 1. The molecule has 16 rings (SSSR count). The standard InChI is InChI=1S/C72H96N21O39P7S7/c1-8-34-35(9-53(119-34)92-27-76-55-58(92)79-66(74)81-64(55)98)127-134(106,141)113-26-47-41(15-54(125-47)93-28-77-56-59(93)80-67(75)82-65(56)99)132-139(111,146)118-25-46-40(14-52(124-46)91-20-33(6)63(97)86-72(91)104)131-138(110,145)117-24-45-39(13-51(123-45)90-19-32(5)62(96)85-71(90)103)130-137(109,144)116-23-44-38(12-50(122-44)89-18-31(4)61(95)84-70(89)102)129-136(108,143)115-22-43-37(11-49(121-43)88-17-30(3)60(94)83-69(88)101)128-135(107,142)114-21-42-36(126-133(105,140)112-7)10-48(120-42)87-16-29(2)57(73)78-68(87)100/h16-20,27-28,34-54H,8-15,21-26H2,1-7H3,(H,105,140)(H,106,141)(H,107,142)(H,108,143)(H,109,144)(H,110,145)(H,111,146)(H2,73,78,100)(H,83,94,101)(H,84,95,102)(H,85,96,103)(H,86,97,104)(H3,74,79,81,98)(H3,75,80,82,99)/t34-,35-,36-,37-,38-,39-,40-,41-,42-,43-,44-,45-,46-,47-,48-,49-,50-,51-,52-,53-,54-,133?,134?,135?,136?,137?,138?,139?/m1/s1. The zero-order valence-corrected chi connectivity index (χ0v) is 88.9. The van der Waals surface area contributed by atoms with Crippen molar-refractivity contribution in [2.45, 2.75) is 222 Å². The number of aromatic nitrogens is 18. The van der Waals surface area contributed by atoms with Gasteiger partial charge in [-0.05, 0) is 112 Å². The topological polar surface area (TPSA) is 792 Å². The third-order valence-corrected chi connectivity index (χ3v) is 35.3. The van der Waals surface area contributed by atoms with E-state index in [1.54, 1.807) is 13.8 Å². The highest BCUT2D eigenvalue weighted by atomic mass is 32.7. The summed E-state index contributed by atoms with van der Waals surface area (Å²) in [6.45, 7) is -28.1. The minimum absolute atomic E-state index is 0.00492. The molecule has 146 heavy (non-hydrogen) atoms. The zero-order chi connectivity index (χ0) is 105. The number of aryl methyl sites for hydroxylation is 5. The summed E-state index contributed by atoms with van der Waals surface area (Å²) in [5.41, 5.74) is 8.86. The van der Waals surface area contributed by atoms with Gasteiger partial charge in [0.15, 0.2) is 22.3 Å². The Labute approximate surface area is 853 Å². The number of ether oxygens (including phenoxy) is 7. The van der Waals surface area contributed by atoms with Gasteiger partial charge in [0, 0.05) is 111 Å². The highest BCUT2D eigenvalue weighted by Crippen LogP contribution is 2.60. The number of H-pyrrole nitrogens is 6. The molecule has 0 bridgehead atoms. The Kier molecular flexibility index (Phi) is 34.2. The lowest BCUT2D eigenvalue weighted by Gasteiger charge is -2.28. The maximum absolute atomic E-state index is 15.0. The summed E-state index contributed by atoms with van der Waals surface area (Å²) < 4.78 is 150. The number of anilines is 3. The van der Waals surface area contributed by atoms with Crippen LogP contribution in [-0.2, 0) is 172 Å². The van der Waals surface area contributed by atoms with Crippen LogP contribution in [0.15, 0.2) is 96.4 Å². The number of imidazole rings is 2. The van der Waals surface area contributed by atoms with E-state index in [9.17, 15) is 82.1 Å². The van der Waals surface area contributed by atoms with Crippen LogP contribution in [0.4, 0.5) is 17.7 Å². The summed E-state index contributed by atoms with van der Waals surface area (Å²) in [4.78, 5) is 249. The summed E-state index contributed by atoms with van der Waals surface area (Å²) in [7, 11) is 1.10. The summed E-state index contributed by atoms with van der Waals surface area (Å²) >= 11 is 37.4. The monoisotopic (exact) mass is 2320 g/mol. The quantitative estimate of drug-likeness (QED) is 0.0180. The Morgan fingerprint density at radius 3 is 0.890 bits per heavy atom. The van der Waals surface area contributed by atoms with E-state index in [0.29, 0.717) is 12.0 Å². The number of hydrogen-bond donors (Lipinski definition) is 16. The number of fused-ring (bicyclic) bond motifs is 2. The van der Waals surface area contributed by atoms with Crippen molar-refractivity contribution in [1.82, 2.24) is 86.8 Å². The van der Waals surface area contributed by atoms with Gasteiger partial charge in [-0.3, -0.25) is 99.7 Å². The van der Waals surface area contributed by atoms with Gasteiger partial charge in [-0.1, -0.05) is 19.2 Å². The van der Waals surface area contributed by atoms with E-state index in [-0.39, 0.29) is 88.0 Å². The molecule has 7 fully saturated rings. The van der Waals surface area contributed by atoms with E-state index in [4.69, 9.17) is 185 Å². The highest BCUT2D eigenvalue weighted by Gasteiger charge is 2.52. The minimum atomic E-state index is -4.94. The van der Waals surface area contributed by atoms with Gasteiger partial charge in [-0.15, -0.1) is 0 Å². The molecule has 9 aromatic heterocycles. The third-order valence-electron chi connectivity index (χ3n) is 24.0. The Morgan fingerprint density at radius 1 is 0.356 bits per heavy atom. The highest BCUT2D eigenvalue weighted by molar-refractivity contribution is 8.44. The molecule has 7 aliphatic rings. The van der Waals surface area contributed by atoms with Crippen molar-refractivity contribution >= 4 is 170 Å². The first-order valence-electron chi connectivity index (χ1n) is 43.7. The second-order valence-corrected chi connectivity index (χ2v) is 53.9. The zero-order valence-electron chi connectivity index (χ0n) is 76.8. The smallest absolute Gasteiger partial charge is 0.383 e. The van der Waals surface area contributed by atoms with Gasteiger partial charge in [-0.2, -0.15) is 15.0 Å². The van der Waals surface area contributed by atoms with Crippen molar-refractivity contribution in [2.24, 2.45) is 0 Å². The summed E-state index contributed by atoms with van der Waals surface area (Å²) in [6.07, 6.45) is -21.4. The van der Waals surface area contributed by atoms with E-state index in [1.807, 2.05) is 0 Å². The molecule has 0 saturated carbocycles. The van der Waals surface area contributed by atoms with Crippen molar-refractivity contribution in [3.63, 3.8) is 0 Å². The molecule has 0 aliphatic carbocycles. The van der Waals surface area contributed by atoms with Gasteiger partial charge in [0.05, 0.1) is 95.0 Å². The maximum atomic E-state index is 15.0. The summed E-state index contributed by atoms with van der Waals surface area (Å²) in [6, 6.07) is 0. The molecule has 28 atom stereocenters. The second-order valence-electron chi connectivity index (χ2n) is 34.2. The minimum Gasteiger partial charge on any atom is -0.383 e. The Bertz CT molecular complexity index is 7590. The molecule has 18 N–H and O–H groups in total. The SMILES string of the molecule is CC[C@H]1O[C@@H](n2cnc3c(=O)[nH]c(N)nc32)C[C@H]1OP(O)(=S)OC[C@H]1O[C@@H](n2cnc3c(=O)[nH]c(N)nc32)C[C@H]1OP(O)(=S)OC[C@H]1O[C@@H](n2cc(C)c(=O)[nH]c2=O)C[C@H]1OP(=O)(S)OC[C@H]1O[C@@H](n2cc(C)c(=O)[nH]c2=O)C[C@H]1OP(O)(=S)OC[C@H]1O[C@@H](n2cc(C)c(=O)[nH]c2=O)C[C@H]1OP(O)(=S)OC[C@H]1O[C@@H](n2cc(C)c(=O)[nH]c2=O)C[C@H]1OP(O)(=S)OC[C@H]1O[C@@H](n2cc(C)c(N)nc2=O)C[C@H]1OP(O)(=S)OC. The van der Waals surface area contributed by atoms with Crippen LogP contribution in [0, 0.1) is 34.6 Å². The van der Waals surface area contributed by atoms with Crippen LogP contribution < -0.4 is 79.0 Å². The molecule has 7 aliphatic heterocycles. The first kappa shape index (κ1) is 112. The number of rotatable bonds is 41. The molecule has 0 aromatic carbocycles. The fourth-order valence-electron chi connectivity index (χ4n) is 16.9. The van der Waals surface area contributed by atoms with Crippen molar-refractivity contribution in [1.29, 1.82) is 0 Å². The van der Waals surface area contributed by atoms with Gasteiger partial charge in [-0.25, -0.2) is 38.5 Å². The Balaban J connectivity index is 0.605. The van der Waals surface area contributed by atoms with Crippen molar-refractivity contribution in [3.8, 4) is 0 Å². The van der Waals surface area contributed by atoms with Gasteiger partial charge in [0.2, 0.25) is 11.9 Å². The number of nitrogens with one attached hydrogen (secondary N) is 6. The number of nitrogen functional groups attached to an aromatic ring is 3. The number of hydrogen-bond acceptors (Lipinski definition) is 47. The number of nitrogens with two attached hydrogens (primary N) is 3. The lowest BCUT2D eigenvalue weighted by Crippen LogP contribution is -2.33. The molecule has 7 saturated heterocycles. The molecular weight excluding hydrogens is 2220 g/mol. The van der Waals surface area contributed by atoms with E-state index in [0.717, 1.165) is 48.5 Å². The Morgan fingerprint density at radius 2 is 0.603 bits per heavy atom. The van der Waals surface area contributed by atoms with Gasteiger partial charge in [0.25, 0.3) is 33.4 Å². The molecule has 0 radical (unpaired) electrons. The normalized spacial score (nSPS) is 29.4. The lowest BCUT2D eigenvalue weighted by atomic mass is 10.1. The average molecular weight is 2320 g/mol. The molecular formula is C72H96N21O39P7S7. The lowest BCUT2D eigenvalue weighted by molar-refractivity contribution is -0.0574. The predicted molar refractivity (Wildman–Crippen MR) is 529 cm³/mol. The average Bonchev–Trinajstić information content (AvgIpc) is 1.63. The molecule has 16 heterocycles. The molecule has 60 nitrogen and oxygen atoms in total. The fourth-order valence-corrected chi connectivity index (χ4v) is 26.7. The van der Waals surface area contributed by atoms with E-state index in [1.165, 1.54) is 61.9 Å². The van der Waals surface area contributed by atoms with E-state index in [2.05, 4.69) is 67.1 Å². The fraction of sp³-hybridized carbons (Fsp3) is 0.583. The van der Waals surface area contributed by atoms with Crippen LogP contribution in [0.3, 0.4) is 0 Å². The van der Waals surface area contributed by atoms with Crippen LogP contribution in [0.25, 0.3) is 22.3 Å².